The van der Waals surface area contributed by atoms with E-state index in [0.29, 0.717) is 17.4 Å². The monoisotopic (exact) mass is 402 g/mol. The first-order valence-corrected chi connectivity index (χ1v) is 11.2. The zero-order valence-corrected chi connectivity index (χ0v) is 17.4. The maximum absolute atomic E-state index is 13.0. The van der Waals surface area contributed by atoms with Crippen LogP contribution in [0.2, 0.25) is 0 Å². The Hall–Kier alpha value is -2.66. The number of thiazole rings is 1. The summed E-state index contributed by atoms with van der Waals surface area (Å²) in [6.45, 7) is 6.75. The van der Waals surface area contributed by atoms with Crippen molar-refractivity contribution in [1.82, 2.24) is 4.98 Å². The van der Waals surface area contributed by atoms with Gasteiger partial charge in [0.2, 0.25) is 0 Å². The minimum Gasteiger partial charge on any atom is -0.422 e. The Morgan fingerprint density at radius 1 is 1.10 bits per heavy atom. The van der Waals surface area contributed by atoms with Gasteiger partial charge in [-0.15, -0.1) is 11.3 Å². The number of rotatable bonds is 1. The smallest absolute Gasteiger partial charge is 0.346 e. The lowest BCUT2D eigenvalue weighted by Crippen LogP contribution is -2.36. The van der Waals surface area contributed by atoms with Gasteiger partial charge in [0.05, 0.1) is 15.8 Å². The molecular weight excluding hydrogens is 380 g/mol. The summed E-state index contributed by atoms with van der Waals surface area (Å²) in [7, 11) is 0. The van der Waals surface area contributed by atoms with Crippen molar-refractivity contribution in [2.45, 2.75) is 38.5 Å². The Labute approximate surface area is 172 Å². The number of nitrogens with zero attached hydrogens (tertiary/aromatic N) is 2. The first-order chi connectivity index (χ1) is 14.1. The van der Waals surface area contributed by atoms with Crippen LogP contribution in [-0.4, -0.2) is 18.1 Å². The van der Waals surface area contributed by atoms with Crippen LogP contribution >= 0.6 is 11.3 Å². The summed E-state index contributed by atoms with van der Waals surface area (Å²) in [5.74, 6) is 0.915. The molecule has 0 fully saturated rings. The molecule has 0 aliphatic carbocycles. The third kappa shape index (κ3) is 2.50. The molecule has 2 aliphatic heterocycles. The molecule has 4 aromatic rings. The fourth-order valence-electron chi connectivity index (χ4n) is 4.96. The van der Waals surface area contributed by atoms with Crippen molar-refractivity contribution >= 4 is 38.2 Å². The molecule has 0 saturated carbocycles. The molecule has 146 valence electrons. The number of hydrogen-bond acceptors (Lipinski definition) is 5. The van der Waals surface area contributed by atoms with Crippen LogP contribution < -0.4 is 10.5 Å². The topological polar surface area (TPSA) is 46.3 Å². The third-order valence-electron chi connectivity index (χ3n) is 6.59. The quantitative estimate of drug-likeness (QED) is 0.372. The number of hydrogen-bond donors (Lipinski definition) is 0. The van der Waals surface area contributed by atoms with Crippen LogP contribution in [0.25, 0.3) is 31.8 Å². The van der Waals surface area contributed by atoms with Crippen molar-refractivity contribution in [2.24, 2.45) is 0 Å². The molecular formula is C24H22N2O2S. The second kappa shape index (κ2) is 6.17. The number of benzene rings is 2. The molecule has 0 spiro atoms. The van der Waals surface area contributed by atoms with E-state index in [1.165, 1.54) is 23.2 Å². The van der Waals surface area contributed by atoms with E-state index in [4.69, 9.17) is 4.42 Å². The highest BCUT2D eigenvalue weighted by Gasteiger charge is 2.33. The minimum atomic E-state index is -0.291. The molecule has 4 nitrogen and oxygen atoms in total. The molecule has 2 aromatic heterocycles. The molecule has 6 rings (SSSR count). The zero-order chi connectivity index (χ0) is 19.7. The van der Waals surface area contributed by atoms with E-state index in [0.717, 1.165) is 45.7 Å². The van der Waals surface area contributed by atoms with Crippen LogP contribution in [-0.2, 0) is 0 Å². The molecule has 2 atom stereocenters. The first-order valence-electron chi connectivity index (χ1n) is 10.4. The van der Waals surface area contributed by atoms with E-state index < -0.39 is 0 Å². The van der Waals surface area contributed by atoms with Gasteiger partial charge >= 0.3 is 5.63 Å². The second-order valence-electron chi connectivity index (χ2n) is 8.45. The van der Waals surface area contributed by atoms with Crippen molar-refractivity contribution in [1.29, 1.82) is 0 Å². The average molecular weight is 403 g/mol. The van der Waals surface area contributed by atoms with Gasteiger partial charge in [-0.3, -0.25) is 0 Å². The van der Waals surface area contributed by atoms with Gasteiger partial charge in [-0.25, -0.2) is 9.78 Å². The largest absolute Gasteiger partial charge is 0.422 e. The van der Waals surface area contributed by atoms with E-state index in [1.54, 1.807) is 11.3 Å². The van der Waals surface area contributed by atoms with Gasteiger partial charge in [-0.1, -0.05) is 26.0 Å². The molecule has 0 saturated heterocycles. The van der Waals surface area contributed by atoms with E-state index in [1.807, 2.05) is 30.3 Å². The van der Waals surface area contributed by atoms with Gasteiger partial charge in [0, 0.05) is 29.7 Å². The highest BCUT2D eigenvalue weighted by atomic mass is 32.1. The van der Waals surface area contributed by atoms with Gasteiger partial charge in [0.25, 0.3) is 0 Å². The van der Waals surface area contributed by atoms with Crippen molar-refractivity contribution in [3.8, 4) is 10.6 Å². The zero-order valence-electron chi connectivity index (χ0n) is 16.6. The predicted molar refractivity (Wildman–Crippen MR) is 119 cm³/mol. The summed E-state index contributed by atoms with van der Waals surface area (Å²) < 4.78 is 7.09. The van der Waals surface area contributed by atoms with E-state index in [-0.39, 0.29) is 5.63 Å². The molecule has 5 heteroatoms. The predicted octanol–water partition coefficient (Wildman–Crippen LogP) is 5.89. The first kappa shape index (κ1) is 17.2. The molecule has 0 N–H and O–H groups in total. The average Bonchev–Trinajstić information content (AvgIpc) is 3.15. The summed E-state index contributed by atoms with van der Waals surface area (Å²) in [6.07, 6.45) is 2.27. The maximum atomic E-state index is 13.0. The number of aromatic nitrogens is 1. The summed E-state index contributed by atoms with van der Waals surface area (Å²) in [6, 6.07) is 12.2. The van der Waals surface area contributed by atoms with E-state index >= 15 is 0 Å². The second-order valence-corrected chi connectivity index (χ2v) is 9.48. The Kier molecular flexibility index (Phi) is 3.66. The van der Waals surface area contributed by atoms with Crippen LogP contribution in [0.3, 0.4) is 0 Å². The number of anilines is 1. The number of para-hydroxylation sites is 1. The Balaban J connectivity index is 1.64. The highest BCUT2D eigenvalue weighted by Crippen LogP contribution is 2.48. The van der Waals surface area contributed by atoms with Crippen LogP contribution in [0.1, 0.15) is 49.7 Å². The molecule has 0 unspecified atom stereocenters. The third-order valence-corrected chi connectivity index (χ3v) is 7.66. The van der Waals surface area contributed by atoms with Crippen LogP contribution in [0.5, 0.6) is 0 Å². The molecule has 29 heavy (non-hydrogen) atoms. The highest BCUT2D eigenvalue weighted by molar-refractivity contribution is 7.21. The lowest BCUT2D eigenvalue weighted by Gasteiger charge is -2.41. The van der Waals surface area contributed by atoms with Gasteiger partial charge in [0.1, 0.15) is 10.6 Å². The van der Waals surface area contributed by atoms with E-state index in [9.17, 15) is 4.79 Å². The normalized spacial score (nSPS) is 21.0. The number of fused-ring (bicyclic) bond motifs is 3. The Morgan fingerprint density at radius 3 is 2.72 bits per heavy atom. The summed E-state index contributed by atoms with van der Waals surface area (Å²) in [5.41, 5.74) is 5.91. The maximum Gasteiger partial charge on any atom is 0.346 e. The van der Waals surface area contributed by atoms with Crippen LogP contribution in [0.15, 0.2) is 45.6 Å². The van der Waals surface area contributed by atoms with Gasteiger partial charge in [-0.2, -0.15) is 0 Å². The summed E-state index contributed by atoms with van der Waals surface area (Å²) >= 11 is 1.55. The lowest BCUT2D eigenvalue weighted by molar-refractivity contribution is 0.524. The molecule has 2 aromatic carbocycles. The van der Waals surface area contributed by atoms with Crippen molar-refractivity contribution < 1.29 is 4.42 Å². The Morgan fingerprint density at radius 2 is 1.90 bits per heavy atom. The van der Waals surface area contributed by atoms with Gasteiger partial charge in [0.15, 0.2) is 0 Å². The minimum absolute atomic E-state index is 0.291. The van der Waals surface area contributed by atoms with Gasteiger partial charge < -0.3 is 9.32 Å². The van der Waals surface area contributed by atoms with Gasteiger partial charge in [-0.05, 0) is 54.5 Å². The SMILES string of the molecule is C[C@@H]1CCN2CC[C@H](C)c3c2c1cc1cc(-c2nc4ccccc4s2)c(=O)oc31. The molecule has 4 heterocycles. The van der Waals surface area contributed by atoms with Crippen LogP contribution in [0, 0.1) is 0 Å². The standard InChI is InChI=1S/C24H22N2O2S/c1-13-7-9-26-10-8-14(2)20-21(26)16(13)11-15-12-17(24(27)28-22(15)20)23-25-18-5-3-4-6-19(18)29-23/h3-6,11-14H,7-10H2,1-2H3/t13-,14+/m1/s1. The fourth-order valence-corrected chi connectivity index (χ4v) is 5.93. The van der Waals surface area contributed by atoms with Crippen molar-refractivity contribution in [3.63, 3.8) is 0 Å². The lowest BCUT2D eigenvalue weighted by atomic mass is 9.81. The summed E-state index contributed by atoms with van der Waals surface area (Å²) in [4.78, 5) is 20.2. The molecule has 0 bridgehead atoms. The molecule has 2 aliphatic rings. The van der Waals surface area contributed by atoms with E-state index in [2.05, 4.69) is 29.8 Å². The molecule has 0 radical (unpaired) electrons. The summed E-state index contributed by atoms with van der Waals surface area (Å²) in [5, 5.41) is 1.76. The fraction of sp³-hybridized carbons (Fsp3) is 0.333. The van der Waals surface area contributed by atoms with Crippen LogP contribution in [0.4, 0.5) is 5.69 Å². The van der Waals surface area contributed by atoms with Crippen molar-refractivity contribution in [2.75, 3.05) is 18.0 Å². The Bertz CT molecular complexity index is 1300. The van der Waals surface area contributed by atoms with Crippen molar-refractivity contribution in [3.05, 3.63) is 57.9 Å². The molecule has 0 amide bonds.